The number of nitrogen functional groups attached to an aromatic ring is 2. The second-order valence-corrected chi connectivity index (χ2v) is 7.57. The SMILES string of the molecule is Nc1ccc(-c2ccc(N)cc2N(c2ccccc2)c2cccc3ccccc23)cc1. The van der Waals surface area contributed by atoms with Gasteiger partial charge in [-0.15, -0.1) is 0 Å². The van der Waals surface area contributed by atoms with Crippen molar-refractivity contribution in [3.05, 3.63) is 115 Å². The minimum Gasteiger partial charge on any atom is -0.399 e. The van der Waals surface area contributed by atoms with Gasteiger partial charge in [0.1, 0.15) is 0 Å². The Morgan fingerprint density at radius 2 is 1.19 bits per heavy atom. The molecule has 0 radical (unpaired) electrons. The van der Waals surface area contributed by atoms with Gasteiger partial charge in [-0.3, -0.25) is 0 Å². The second-order valence-electron chi connectivity index (χ2n) is 7.57. The van der Waals surface area contributed by atoms with Crippen LogP contribution in [0.5, 0.6) is 0 Å². The molecule has 0 heterocycles. The van der Waals surface area contributed by atoms with Crippen molar-refractivity contribution in [2.45, 2.75) is 0 Å². The van der Waals surface area contributed by atoms with Gasteiger partial charge in [-0.25, -0.2) is 0 Å². The third-order valence-corrected chi connectivity index (χ3v) is 5.51. The van der Waals surface area contributed by atoms with Gasteiger partial charge in [0.2, 0.25) is 0 Å². The smallest absolute Gasteiger partial charge is 0.0560 e. The molecule has 5 aromatic carbocycles. The van der Waals surface area contributed by atoms with Gasteiger partial charge in [0, 0.05) is 28.0 Å². The van der Waals surface area contributed by atoms with E-state index in [-0.39, 0.29) is 0 Å². The molecule has 0 fully saturated rings. The van der Waals surface area contributed by atoms with Crippen molar-refractivity contribution in [3.63, 3.8) is 0 Å². The summed E-state index contributed by atoms with van der Waals surface area (Å²) in [5.41, 5.74) is 19.1. The van der Waals surface area contributed by atoms with Crippen molar-refractivity contribution in [1.29, 1.82) is 0 Å². The standard InChI is InChI=1S/C28H23N3/c29-22-15-13-21(14-16-22)26-18-17-23(30)19-28(26)31(24-9-2-1-3-10-24)27-12-6-8-20-7-4-5-11-25(20)27/h1-19H,29-30H2. The first-order chi connectivity index (χ1) is 15.2. The first-order valence-electron chi connectivity index (χ1n) is 10.3. The topological polar surface area (TPSA) is 55.3 Å². The predicted molar refractivity (Wildman–Crippen MR) is 133 cm³/mol. The largest absolute Gasteiger partial charge is 0.399 e. The zero-order valence-electron chi connectivity index (χ0n) is 17.1. The molecule has 5 aromatic rings. The summed E-state index contributed by atoms with van der Waals surface area (Å²) in [6.45, 7) is 0. The van der Waals surface area contributed by atoms with Crippen molar-refractivity contribution >= 4 is 39.2 Å². The number of hydrogen-bond donors (Lipinski definition) is 2. The molecule has 5 rings (SSSR count). The third kappa shape index (κ3) is 3.58. The third-order valence-electron chi connectivity index (χ3n) is 5.51. The van der Waals surface area contributed by atoms with Gasteiger partial charge in [-0.05, 0) is 53.4 Å². The van der Waals surface area contributed by atoms with Gasteiger partial charge in [-0.1, -0.05) is 72.8 Å². The molecule has 0 spiro atoms. The van der Waals surface area contributed by atoms with Gasteiger partial charge in [0.15, 0.2) is 0 Å². The van der Waals surface area contributed by atoms with Crippen LogP contribution in [0.4, 0.5) is 28.4 Å². The molecule has 0 bridgehead atoms. The highest BCUT2D eigenvalue weighted by atomic mass is 15.1. The van der Waals surface area contributed by atoms with Crippen molar-refractivity contribution in [3.8, 4) is 11.1 Å². The van der Waals surface area contributed by atoms with Gasteiger partial charge < -0.3 is 16.4 Å². The molecule has 0 atom stereocenters. The number of rotatable bonds is 4. The fraction of sp³-hybridized carbons (Fsp3) is 0. The molecule has 0 saturated heterocycles. The van der Waals surface area contributed by atoms with Crippen LogP contribution in [0.25, 0.3) is 21.9 Å². The van der Waals surface area contributed by atoms with Gasteiger partial charge in [0.25, 0.3) is 0 Å². The Morgan fingerprint density at radius 1 is 0.516 bits per heavy atom. The minimum atomic E-state index is 0.718. The Balaban J connectivity index is 1.81. The van der Waals surface area contributed by atoms with E-state index in [9.17, 15) is 0 Å². The lowest BCUT2D eigenvalue weighted by Crippen LogP contribution is -2.12. The van der Waals surface area contributed by atoms with Gasteiger partial charge in [-0.2, -0.15) is 0 Å². The molecule has 3 heteroatoms. The van der Waals surface area contributed by atoms with E-state index in [2.05, 4.69) is 89.8 Å². The van der Waals surface area contributed by atoms with Crippen LogP contribution < -0.4 is 16.4 Å². The second kappa shape index (κ2) is 7.88. The van der Waals surface area contributed by atoms with E-state index in [4.69, 9.17) is 11.5 Å². The minimum absolute atomic E-state index is 0.718. The first kappa shape index (κ1) is 18.8. The Kier molecular flexibility index (Phi) is 4.77. The van der Waals surface area contributed by atoms with Gasteiger partial charge in [0.05, 0.1) is 11.4 Å². The number of nitrogens with zero attached hydrogens (tertiary/aromatic N) is 1. The van der Waals surface area contributed by atoms with Crippen molar-refractivity contribution in [2.75, 3.05) is 16.4 Å². The monoisotopic (exact) mass is 401 g/mol. The van der Waals surface area contributed by atoms with Crippen molar-refractivity contribution in [2.24, 2.45) is 0 Å². The molecule has 0 unspecified atom stereocenters. The Labute approximate surface area is 182 Å². The molecule has 0 amide bonds. The van der Waals surface area contributed by atoms with Crippen LogP contribution in [0, 0.1) is 0 Å². The van der Waals surface area contributed by atoms with Crippen LogP contribution in [-0.4, -0.2) is 0 Å². The first-order valence-corrected chi connectivity index (χ1v) is 10.3. The van der Waals surface area contributed by atoms with E-state index in [0.29, 0.717) is 0 Å². The lowest BCUT2D eigenvalue weighted by Gasteiger charge is -2.29. The molecular formula is C28H23N3. The molecule has 31 heavy (non-hydrogen) atoms. The Hall–Kier alpha value is -4.24. The maximum absolute atomic E-state index is 6.29. The van der Waals surface area contributed by atoms with E-state index in [1.165, 1.54) is 10.8 Å². The molecule has 0 aliphatic carbocycles. The summed E-state index contributed by atoms with van der Waals surface area (Å²) in [5.74, 6) is 0. The van der Waals surface area contributed by atoms with E-state index >= 15 is 0 Å². The van der Waals surface area contributed by atoms with Gasteiger partial charge >= 0.3 is 0 Å². The summed E-state index contributed by atoms with van der Waals surface area (Å²) in [7, 11) is 0. The van der Waals surface area contributed by atoms with Crippen LogP contribution in [0.2, 0.25) is 0 Å². The summed E-state index contributed by atoms with van der Waals surface area (Å²) in [6.07, 6.45) is 0. The molecular weight excluding hydrogens is 378 g/mol. The number of fused-ring (bicyclic) bond motifs is 1. The zero-order chi connectivity index (χ0) is 21.2. The molecule has 0 aliphatic heterocycles. The summed E-state index contributed by atoms with van der Waals surface area (Å²) < 4.78 is 0. The lowest BCUT2D eigenvalue weighted by atomic mass is 9.99. The number of anilines is 5. The molecule has 0 aliphatic rings. The summed E-state index contributed by atoms with van der Waals surface area (Å²) >= 11 is 0. The zero-order valence-corrected chi connectivity index (χ0v) is 17.1. The Morgan fingerprint density at radius 3 is 2.00 bits per heavy atom. The van der Waals surface area contributed by atoms with Crippen LogP contribution in [-0.2, 0) is 0 Å². The quantitative estimate of drug-likeness (QED) is 0.315. The van der Waals surface area contributed by atoms with E-state index in [0.717, 1.165) is 39.6 Å². The van der Waals surface area contributed by atoms with Crippen LogP contribution in [0.15, 0.2) is 115 Å². The van der Waals surface area contributed by atoms with Crippen molar-refractivity contribution < 1.29 is 0 Å². The number of nitrogens with two attached hydrogens (primary N) is 2. The highest BCUT2D eigenvalue weighted by Gasteiger charge is 2.19. The van der Waals surface area contributed by atoms with Crippen LogP contribution in [0.1, 0.15) is 0 Å². The number of hydrogen-bond acceptors (Lipinski definition) is 3. The average Bonchev–Trinajstić information content (AvgIpc) is 2.81. The maximum atomic E-state index is 6.29. The summed E-state index contributed by atoms with van der Waals surface area (Å²) in [4.78, 5) is 2.28. The van der Waals surface area contributed by atoms with E-state index < -0.39 is 0 Å². The fourth-order valence-corrected chi connectivity index (χ4v) is 4.03. The fourth-order valence-electron chi connectivity index (χ4n) is 4.03. The molecule has 150 valence electrons. The highest BCUT2D eigenvalue weighted by molar-refractivity contribution is 6.01. The molecule has 0 aromatic heterocycles. The summed E-state index contributed by atoms with van der Waals surface area (Å²) in [5, 5.41) is 2.37. The average molecular weight is 402 g/mol. The van der Waals surface area contributed by atoms with E-state index in [1.807, 2.05) is 30.3 Å². The highest BCUT2D eigenvalue weighted by Crippen LogP contribution is 2.44. The summed E-state index contributed by atoms with van der Waals surface area (Å²) in [6, 6.07) is 39.3. The molecule has 0 saturated carbocycles. The normalized spacial score (nSPS) is 10.8. The van der Waals surface area contributed by atoms with Crippen molar-refractivity contribution in [1.82, 2.24) is 0 Å². The predicted octanol–water partition coefficient (Wildman–Crippen LogP) is 7.14. The lowest BCUT2D eigenvalue weighted by molar-refractivity contribution is 1.30. The van der Waals surface area contributed by atoms with E-state index in [1.54, 1.807) is 0 Å². The Bertz CT molecular complexity index is 1340. The van der Waals surface area contributed by atoms with Crippen LogP contribution in [0.3, 0.4) is 0 Å². The molecule has 3 nitrogen and oxygen atoms in total. The maximum Gasteiger partial charge on any atom is 0.0560 e. The number of para-hydroxylation sites is 1. The number of benzene rings is 5. The van der Waals surface area contributed by atoms with Crippen LogP contribution >= 0.6 is 0 Å². The molecule has 4 N–H and O–H groups in total.